The van der Waals surface area contributed by atoms with Crippen molar-refractivity contribution >= 4 is 34.4 Å². The van der Waals surface area contributed by atoms with E-state index in [1.54, 1.807) is 0 Å². The van der Waals surface area contributed by atoms with Crippen LogP contribution in [0.25, 0.3) is 0 Å². The summed E-state index contributed by atoms with van der Waals surface area (Å²) < 4.78 is 60.5. The summed E-state index contributed by atoms with van der Waals surface area (Å²) in [7, 11) is -4.22. The monoisotopic (exact) mass is 462 g/mol. The van der Waals surface area contributed by atoms with Crippen molar-refractivity contribution in [2.24, 2.45) is 0 Å². The van der Waals surface area contributed by atoms with Crippen LogP contribution in [0, 0.1) is 0 Å². The molecule has 25 heavy (non-hydrogen) atoms. The molecule has 0 aliphatic carbocycles. The summed E-state index contributed by atoms with van der Waals surface area (Å²) in [4.78, 5) is 13.7. The van der Waals surface area contributed by atoms with Gasteiger partial charge < -0.3 is 18.9 Å². The van der Waals surface area contributed by atoms with Gasteiger partial charge in [-0.2, -0.15) is 4.67 Å². The van der Waals surface area contributed by atoms with Gasteiger partial charge in [-0.15, -0.1) is 0 Å². The minimum atomic E-state index is -4.14. The Balaban J connectivity index is 2.24. The molecule has 5 atom stereocenters. The minimum absolute atomic E-state index is 0.0976. The average molecular weight is 463 g/mol. The third-order valence-electron chi connectivity index (χ3n) is 3.38. The van der Waals surface area contributed by atoms with Gasteiger partial charge in [0, 0.05) is 11.6 Å². The van der Waals surface area contributed by atoms with E-state index >= 15 is 0 Å². The zero-order valence-corrected chi connectivity index (χ0v) is 16.5. The first-order valence-corrected chi connectivity index (χ1v) is 10.4. The Hall–Kier alpha value is -0.230. The van der Waals surface area contributed by atoms with Gasteiger partial charge in [-0.1, -0.05) is 15.9 Å². The van der Waals surface area contributed by atoms with Crippen molar-refractivity contribution in [3.8, 4) is 0 Å². The van der Waals surface area contributed by atoms with Gasteiger partial charge in [0.05, 0.1) is 18.6 Å². The first-order chi connectivity index (χ1) is 11.8. The number of rotatable bonds is 8. The second kappa shape index (κ2) is 9.12. The maximum Gasteiger partial charge on any atom is 0.360 e. The van der Waals surface area contributed by atoms with Gasteiger partial charge in [-0.3, -0.25) is 0 Å². The molecule has 1 aliphatic heterocycles. The number of methoxy groups -OCH3 is 1. The van der Waals surface area contributed by atoms with Gasteiger partial charge >= 0.3 is 8.60 Å². The fraction of sp³-hybridized carbons (Fsp3) is 0.538. The molecule has 0 radical (unpaired) electrons. The summed E-state index contributed by atoms with van der Waals surface area (Å²) >= 11 is 3.20. The molecule has 1 aliphatic rings. The zero-order valence-electron chi connectivity index (χ0n) is 13.2. The number of hydrogen-bond donors (Lipinski definition) is 1. The lowest BCUT2D eigenvalue weighted by Crippen LogP contribution is -2.35. The van der Waals surface area contributed by atoms with E-state index in [1.165, 1.54) is 31.4 Å². The van der Waals surface area contributed by atoms with Crippen molar-refractivity contribution in [2.75, 3.05) is 20.8 Å². The third-order valence-corrected chi connectivity index (χ3v) is 6.52. The Bertz CT molecular complexity index is 660. The summed E-state index contributed by atoms with van der Waals surface area (Å²) in [6.45, 7) is -0.131. The molecule has 1 aromatic rings. The molecule has 0 aromatic heterocycles. The maximum absolute atomic E-state index is 14.8. The average Bonchev–Trinajstić information content (AvgIpc) is 2.86. The Morgan fingerprint density at radius 3 is 2.52 bits per heavy atom. The quantitative estimate of drug-likeness (QED) is 0.356. The molecule has 1 saturated heterocycles. The highest BCUT2D eigenvalue weighted by Gasteiger charge is 2.53. The fourth-order valence-corrected chi connectivity index (χ4v) is 4.75. The van der Waals surface area contributed by atoms with E-state index in [-0.39, 0.29) is 11.5 Å². The van der Waals surface area contributed by atoms with E-state index in [4.69, 9.17) is 14.0 Å². The second-order valence-electron chi connectivity index (χ2n) is 4.99. The highest BCUT2D eigenvalue weighted by molar-refractivity contribution is 9.10. The van der Waals surface area contributed by atoms with Gasteiger partial charge in [0.2, 0.25) is 9.84 Å². The lowest BCUT2D eigenvalue weighted by molar-refractivity contribution is -0.191. The van der Waals surface area contributed by atoms with Crippen molar-refractivity contribution in [1.29, 1.82) is 0 Å². The summed E-state index contributed by atoms with van der Waals surface area (Å²) in [6, 6.07) is 5.72. The van der Waals surface area contributed by atoms with Crippen LogP contribution in [0.4, 0.5) is 4.39 Å². The Morgan fingerprint density at radius 1 is 1.32 bits per heavy atom. The lowest BCUT2D eigenvalue weighted by atomic mass is 10.2. The zero-order chi connectivity index (χ0) is 18.6. The Morgan fingerprint density at radius 2 is 1.96 bits per heavy atom. The molecular formula is C13H17BrFO8PS. The summed E-state index contributed by atoms with van der Waals surface area (Å²) in [5, 5.41) is 0. The standard InChI is InChI=1S/C13H17BrFO8PS/c1-19-7-10-12(22-24(16)23-20-2)11(15)13(21-10)25(17,18)9-5-3-8(14)4-6-9/h3-6,10-13,16H,7H2,1-2H3. The third kappa shape index (κ3) is 4.94. The number of alkyl halides is 1. The van der Waals surface area contributed by atoms with Crippen LogP contribution in [0.3, 0.4) is 0 Å². The van der Waals surface area contributed by atoms with Gasteiger partial charge in [-0.05, 0) is 24.3 Å². The van der Waals surface area contributed by atoms with Crippen LogP contribution in [0.1, 0.15) is 0 Å². The van der Waals surface area contributed by atoms with E-state index in [0.29, 0.717) is 4.47 Å². The van der Waals surface area contributed by atoms with E-state index in [2.05, 4.69) is 25.5 Å². The van der Waals surface area contributed by atoms with Gasteiger partial charge in [-0.25, -0.2) is 17.7 Å². The smallest absolute Gasteiger partial charge is 0.360 e. The molecule has 142 valence electrons. The van der Waals surface area contributed by atoms with Gasteiger partial charge in [0.15, 0.2) is 11.6 Å². The number of hydrogen-bond acceptors (Lipinski definition) is 8. The van der Waals surface area contributed by atoms with E-state index in [1.807, 2.05) is 0 Å². The highest BCUT2D eigenvalue weighted by atomic mass is 79.9. The lowest BCUT2D eigenvalue weighted by Gasteiger charge is -2.20. The van der Waals surface area contributed by atoms with Gasteiger partial charge in [0.25, 0.3) is 0 Å². The molecule has 12 heteroatoms. The molecular weight excluding hydrogens is 446 g/mol. The molecule has 0 saturated carbocycles. The van der Waals surface area contributed by atoms with Crippen LogP contribution in [0.2, 0.25) is 0 Å². The normalized spacial score (nSPS) is 28.2. The van der Waals surface area contributed by atoms with E-state index in [9.17, 15) is 17.7 Å². The first kappa shape index (κ1) is 21.1. The van der Waals surface area contributed by atoms with E-state index < -0.39 is 42.3 Å². The molecule has 0 spiro atoms. The fourth-order valence-electron chi connectivity index (χ4n) is 2.30. The predicted molar refractivity (Wildman–Crippen MR) is 88.9 cm³/mol. The van der Waals surface area contributed by atoms with Crippen LogP contribution in [0.15, 0.2) is 33.6 Å². The van der Waals surface area contributed by atoms with Crippen molar-refractivity contribution < 1.29 is 41.3 Å². The number of benzene rings is 1. The number of halogens is 2. The van der Waals surface area contributed by atoms with Crippen molar-refractivity contribution in [1.82, 2.24) is 0 Å². The van der Waals surface area contributed by atoms with Crippen LogP contribution in [-0.4, -0.2) is 58.0 Å². The van der Waals surface area contributed by atoms with Crippen LogP contribution in [0.5, 0.6) is 0 Å². The second-order valence-corrected chi connectivity index (χ2v) is 8.77. The minimum Gasteiger partial charge on any atom is -0.382 e. The molecule has 0 amide bonds. The predicted octanol–water partition coefficient (Wildman–Crippen LogP) is 2.11. The molecule has 0 bridgehead atoms. The van der Waals surface area contributed by atoms with Gasteiger partial charge in [0.1, 0.15) is 12.2 Å². The van der Waals surface area contributed by atoms with Crippen molar-refractivity contribution in [3.63, 3.8) is 0 Å². The first-order valence-electron chi connectivity index (χ1n) is 6.95. The molecule has 1 fully saturated rings. The largest absolute Gasteiger partial charge is 0.382 e. The Labute approximate surface area is 154 Å². The maximum atomic E-state index is 14.8. The summed E-state index contributed by atoms with van der Waals surface area (Å²) in [5.74, 6) is 0. The summed E-state index contributed by atoms with van der Waals surface area (Å²) in [5.41, 5.74) is -1.80. The molecule has 1 N–H and O–H groups in total. The highest BCUT2D eigenvalue weighted by Crippen LogP contribution is 2.42. The number of sulfone groups is 1. The SMILES string of the molecule is COCC1OC(S(=O)(=O)c2ccc(Br)cc2)C(F)C1OP(O)OOC. The molecule has 8 nitrogen and oxygen atoms in total. The molecule has 2 rings (SSSR count). The van der Waals surface area contributed by atoms with Crippen molar-refractivity contribution in [2.45, 2.75) is 28.7 Å². The number of ether oxygens (including phenoxy) is 2. The van der Waals surface area contributed by atoms with E-state index in [0.717, 1.165) is 7.11 Å². The summed E-state index contributed by atoms with van der Waals surface area (Å²) in [6.07, 6.45) is -4.51. The molecule has 1 aromatic carbocycles. The van der Waals surface area contributed by atoms with Crippen LogP contribution >= 0.6 is 24.5 Å². The van der Waals surface area contributed by atoms with Crippen LogP contribution < -0.4 is 0 Å². The van der Waals surface area contributed by atoms with Crippen molar-refractivity contribution in [3.05, 3.63) is 28.7 Å². The van der Waals surface area contributed by atoms with Crippen LogP contribution in [-0.2, 0) is 33.4 Å². The molecule has 1 heterocycles. The molecule has 5 unspecified atom stereocenters. The topological polar surface area (TPSA) is 101 Å². The Kier molecular flexibility index (Phi) is 7.68.